The lowest BCUT2D eigenvalue weighted by molar-refractivity contribution is -0.123. The van der Waals surface area contributed by atoms with Crippen LogP contribution in [0.3, 0.4) is 0 Å². The normalized spacial score (nSPS) is 10.3. The third-order valence-corrected chi connectivity index (χ3v) is 6.20. The lowest BCUT2D eigenvalue weighted by Gasteiger charge is -2.13. The molecule has 178 valence electrons. The average molecular weight is 601 g/mol. The maximum absolute atomic E-state index is 12.4. The van der Waals surface area contributed by atoms with E-state index >= 15 is 0 Å². The molecule has 2 rings (SSSR count). The largest absolute Gasteiger partial charge is 0.492 e. The SMILES string of the molecule is CCCCCCOc1ccc(C(=O)NC(=S)NNC(=O)COc2ccc(Br)c(C)c2)cc1Br. The minimum Gasteiger partial charge on any atom is -0.492 e. The van der Waals surface area contributed by atoms with Crippen molar-refractivity contribution in [3.8, 4) is 11.5 Å². The molecule has 0 spiro atoms. The number of unbranched alkanes of at least 4 members (excludes halogenated alkanes) is 3. The van der Waals surface area contributed by atoms with Crippen LogP contribution in [0, 0.1) is 6.92 Å². The Morgan fingerprint density at radius 1 is 0.970 bits per heavy atom. The first-order valence-corrected chi connectivity index (χ1v) is 12.5. The van der Waals surface area contributed by atoms with Gasteiger partial charge >= 0.3 is 0 Å². The smallest absolute Gasteiger partial charge is 0.276 e. The van der Waals surface area contributed by atoms with Crippen LogP contribution in [0.5, 0.6) is 11.5 Å². The Kier molecular flexibility index (Phi) is 11.6. The predicted molar refractivity (Wildman–Crippen MR) is 139 cm³/mol. The number of ether oxygens (including phenoxy) is 2. The zero-order chi connectivity index (χ0) is 24.2. The van der Waals surface area contributed by atoms with Crippen LogP contribution in [0.2, 0.25) is 0 Å². The van der Waals surface area contributed by atoms with Crippen LogP contribution >= 0.6 is 44.1 Å². The Morgan fingerprint density at radius 2 is 1.76 bits per heavy atom. The fraction of sp³-hybridized carbons (Fsp3) is 0.348. The Bertz CT molecular complexity index is 988. The molecule has 0 saturated heterocycles. The number of hydrogen-bond donors (Lipinski definition) is 3. The molecule has 0 fully saturated rings. The van der Waals surface area contributed by atoms with Crippen LogP contribution in [-0.2, 0) is 4.79 Å². The van der Waals surface area contributed by atoms with E-state index in [1.165, 1.54) is 12.8 Å². The standard InChI is InChI=1S/C23H27Br2N3O4S/c1-3-4-5-6-11-31-20-10-7-16(13-19(20)25)22(30)26-23(33)28-27-21(29)14-32-17-8-9-18(24)15(2)12-17/h7-10,12-13H,3-6,11,14H2,1-2H3,(H,27,29)(H2,26,28,30,33). The zero-order valence-electron chi connectivity index (χ0n) is 18.5. The van der Waals surface area contributed by atoms with Crippen molar-refractivity contribution in [3.63, 3.8) is 0 Å². The highest BCUT2D eigenvalue weighted by molar-refractivity contribution is 9.10. The Labute approximate surface area is 216 Å². The lowest BCUT2D eigenvalue weighted by atomic mass is 10.2. The van der Waals surface area contributed by atoms with Crippen molar-refractivity contribution in [2.75, 3.05) is 13.2 Å². The van der Waals surface area contributed by atoms with Gasteiger partial charge in [-0.2, -0.15) is 0 Å². The Balaban J connectivity index is 1.74. The summed E-state index contributed by atoms with van der Waals surface area (Å²) in [7, 11) is 0. The number of rotatable bonds is 10. The summed E-state index contributed by atoms with van der Waals surface area (Å²) < 4.78 is 12.8. The summed E-state index contributed by atoms with van der Waals surface area (Å²) in [6.45, 7) is 4.50. The molecule has 2 aromatic rings. The van der Waals surface area contributed by atoms with E-state index in [2.05, 4.69) is 55.0 Å². The molecule has 2 amide bonds. The first-order chi connectivity index (χ1) is 15.8. The van der Waals surface area contributed by atoms with E-state index in [9.17, 15) is 9.59 Å². The number of carbonyl (C=O) groups excluding carboxylic acids is 2. The monoisotopic (exact) mass is 599 g/mol. The van der Waals surface area contributed by atoms with Gasteiger partial charge in [-0.1, -0.05) is 42.1 Å². The van der Waals surface area contributed by atoms with E-state index in [0.717, 1.165) is 22.9 Å². The summed E-state index contributed by atoms with van der Waals surface area (Å²) in [6.07, 6.45) is 4.48. The minimum absolute atomic E-state index is 0.0415. The van der Waals surface area contributed by atoms with Gasteiger partial charge in [-0.15, -0.1) is 0 Å². The highest BCUT2D eigenvalue weighted by Gasteiger charge is 2.12. The molecule has 7 nitrogen and oxygen atoms in total. The molecule has 33 heavy (non-hydrogen) atoms. The van der Waals surface area contributed by atoms with Crippen LogP contribution in [0.25, 0.3) is 0 Å². The number of hydrazine groups is 1. The van der Waals surface area contributed by atoms with Crippen molar-refractivity contribution in [2.45, 2.75) is 39.5 Å². The number of hydrogen-bond acceptors (Lipinski definition) is 5. The Morgan fingerprint density at radius 3 is 2.45 bits per heavy atom. The zero-order valence-corrected chi connectivity index (χ0v) is 22.5. The summed E-state index contributed by atoms with van der Waals surface area (Å²) in [4.78, 5) is 24.4. The first kappa shape index (κ1) is 27.1. The number of aryl methyl sites for hydroxylation is 1. The lowest BCUT2D eigenvalue weighted by Crippen LogP contribution is -2.49. The third kappa shape index (κ3) is 9.69. The number of thiocarbonyl (C=S) groups is 1. The van der Waals surface area contributed by atoms with Crippen molar-refractivity contribution in [1.29, 1.82) is 0 Å². The number of amides is 2. The van der Waals surface area contributed by atoms with Gasteiger partial charge in [0.15, 0.2) is 11.7 Å². The van der Waals surface area contributed by atoms with E-state index in [0.29, 0.717) is 28.1 Å². The average Bonchev–Trinajstić information content (AvgIpc) is 2.79. The molecule has 0 atom stereocenters. The second-order valence-corrected chi connectivity index (χ2v) is 9.33. The van der Waals surface area contributed by atoms with Crippen molar-refractivity contribution >= 4 is 61.0 Å². The first-order valence-electron chi connectivity index (χ1n) is 10.5. The number of carbonyl (C=O) groups is 2. The summed E-state index contributed by atoms with van der Waals surface area (Å²) in [5.41, 5.74) is 6.26. The van der Waals surface area contributed by atoms with Crippen LogP contribution in [0.4, 0.5) is 0 Å². The van der Waals surface area contributed by atoms with E-state index < -0.39 is 11.8 Å². The molecule has 10 heteroatoms. The predicted octanol–water partition coefficient (Wildman–Crippen LogP) is 5.19. The molecule has 0 unspecified atom stereocenters. The van der Waals surface area contributed by atoms with Crippen molar-refractivity contribution in [1.82, 2.24) is 16.2 Å². The number of nitrogens with one attached hydrogen (secondary N) is 3. The van der Waals surface area contributed by atoms with Crippen molar-refractivity contribution in [2.24, 2.45) is 0 Å². The molecule has 0 aliphatic heterocycles. The number of halogens is 2. The molecule has 0 bridgehead atoms. The van der Waals surface area contributed by atoms with Gasteiger partial charge < -0.3 is 9.47 Å². The minimum atomic E-state index is -0.449. The van der Waals surface area contributed by atoms with Crippen LogP contribution in [-0.4, -0.2) is 30.1 Å². The molecule has 3 N–H and O–H groups in total. The maximum atomic E-state index is 12.4. The van der Waals surface area contributed by atoms with Gasteiger partial charge in [0.25, 0.3) is 11.8 Å². The van der Waals surface area contributed by atoms with E-state index in [1.54, 1.807) is 24.3 Å². The molecule has 0 saturated carbocycles. The van der Waals surface area contributed by atoms with E-state index in [1.807, 2.05) is 19.1 Å². The van der Waals surface area contributed by atoms with Gasteiger partial charge in [0.2, 0.25) is 0 Å². The van der Waals surface area contributed by atoms with Gasteiger partial charge in [-0.05, 0) is 83.5 Å². The molecule has 2 aromatic carbocycles. The summed E-state index contributed by atoms with van der Waals surface area (Å²) in [5, 5.41) is 2.47. The third-order valence-electron chi connectivity index (χ3n) is 4.49. The quantitative estimate of drug-likeness (QED) is 0.197. The molecular weight excluding hydrogens is 574 g/mol. The fourth-order valence-corrected chi connectivity index (χ4v) is 3.58. The maximum Gasteiger partial charge on any atom is 0.276 e. The molecule has 0 aromatic heterocycles. The van der Waals surface area contributed by atoms with Crippen LogP contribution in [0.1, 0.15) is 48.5 Å². The highest BCUT2D eigenvalue weighted by Crippen LogP contribution is 2.26. The van der Waals surface area contributed by atoms with Crippen molar-refractivity contribution < 1.29 is 19.1 Å². The topological polar surface area (TPSA) is 88.7 Å². The second-order valence-electron chi connectivity index (χ2n) is 7.21. The van der Waals surface area contributed by atoms with Gasteiger partial charge in [0, 0.05) is 10.0 Å². The molecule has 0 heterocycles. The van der Waals surface area contributed by atoms with Gasteiger partial charge in [0.1, 0.15) is 11.5 Å². The molecule has 0 radical (unpaired) electrons. The van der Waals surface area contributed by atoms with Gasteiger partial charge in [0.05, 0.1) is 11.1 Å². The number of benzene rings is 2. The van der Waals surface area contributed by atoms with E-state index in [-0.39, 0.29) is 11.7 Å². The summed E-state index contributed by atoms with van der Waals surface area (Å²) in [5.74, 6) is 0.381. The second kappa shape index (κ2) is 14.2. The van der Waals surface area contributed by atoms with Crippen molar-refractivity contribution in [3.05, 3.63) is 56.5 Å². The van der Waals surface area contributed by atoms with Gasteiger partial charge in [-0.25, -0.2) is 0 Å². The molecule has 0 aliphatic rings. The molecular formula is C23H27Br2N3O4S. The summed E-state index contributed by atoms with van der Waals surface area (Å²) >= 11 is 11.9. The van der Waals surface area contributed by atoms with Gasteiger partial charge in [-0.3, -0.25) is 25.8 Å². The van der Waals surface area contributed by atoms with E-state index in [4.69, 9.17) is 21.7 Å². The molecule has 0 aliphatic carbocycles. The highest BCUT2D eigenvalue weighted by atomic mass is 79.9. The summed E-state index contributed by atoms with van der Waals surface area (Å²) in [6, 6.07) is 10.5. The van der Waals surface area contributed by atoms with Crippen LogP contribution in [0.15, 0.2) is 45.3 Å². The fourth-order valence-electron chi connectivity index (χ4n) is 2.70. The van der Waals surface area contributed by atoms with Crippen LogP contribution < -0.4 is 25.6 Å². The Hall–Kier alpha value is -2.17.